The SMILES string of the molecule is CCCCCCCCCCCCCCCCCCCCCC(=O)C(C)CCCCCCCCCCCCCCCCN. The van der Waals surface area contributed by atoms with E-state index < -0.39 is 0 Å². The van der Waals surface area contributed by atoms with Gasteiger partial charge in [-0.1, -0.05) is 213 Å². The first-order valence-corrected chi connectivity index (χ1v) is 19.9. The van der Waals surface area contributed by atoms with Crippen molar-refractivity contribution in [3.63, 3.8) is 0 Å². The molecule has 0 aliphatic heterocycles. The maximum Gasteiger partial charge on any atom is 0.135 e. The van der Waals surface area contributed by atoms with E-state index in [1.165, 1.54) is 205 Å². The van der Waals surface area contributed by atoms with E-state index in [1.807, 2.05) is 0 Å². The summed E-state index contributed by atoms with van der Waals surface area (Å²) in [5, 5.41) is 0. The molecule has 0 spiro atoms. The van der Waals surface area contributed by atoms with E-state index in [0.29, 0.717) is 5.78 Å². The molecule has 0 amide bonds. The zero-order valence-corrected chi connectivity index (χ0v) is 29.5. The number of carbonyl (C=O) groups is 1. The molecule has 0 aromatic heterocycles. The molecule has 2 N–H and O–H groups in total. The van der Waals surface area contributed by atoms with Crippen molar-refractivity contribution < 1.29 is 4.79 Å². The molecule has 0 fully saturated rings. The molecule has 0 rings (SSSR count). The Balaban J connectivity index is 3.26. The van der Waals surface area contributed by atoms with Crippen LogP contribution in [0.25, 0.3) is 0 Å². The lowest BCUT2D eigenvalue weighted by atomic mass is 9.94. The van der Waals surface area contributed by atoms with Crippen molar-refractivity contribution >= 4 is 5.78 Å². The van der Waals surface area contributed by atoms with Crippen LogP contribution in [0, 0.1) is 5.92 Å². The molecule has 2 nitrogen and oxygen atoms in total. The first-order chi connectivity index (χ1) is 20.7. The predicted octanol–water partition coefficient (Wildman–Crippen LogP) is 13.8. The van der Waals surface area contributed by atoms with Gasteiger partial charge in [-0.2, -0.15) is 0 Å². The molecule has 0 aromatic carbocycles. The van der Waals surface area contributed by atoms with E-state index in [0.717, 1.165) is 25.8 Å². The second kappa shape index (κ2) is 36.8. The van der Waals surface area contributed by atoms with Crippen LogP contribution in [-0.2, 0) is 4.79 Å². The number of carbonyl (C=O) groups excluding carboxylic acids is 1. The van der Waals surface area contributed by atoms with Gasteiger partial charge in [0, 0.05) is 12.3 Å². The fraction of sp³-hybridized carbons (Fsp3) is 0.975. The lowest BCUT2D eigenvalue weighted by Gasteiger charge is -2.10. The number of ketones is 1. The molecule has 1 atom stereocenters. The van der Waals surface area contributed by atoms with E-state index in [-0.39, 0.29) is 5.92 Å². The number of unbranched alkanes of at least 4 members (excludes halogenated alkanes) is 31. The van der Waals surface area contributed by atoms with E-state index >= 15 is 0 Å². The van der Waals surface area contributed by atoms with Crippen LogP contribution >= 0.6 is 0 Å². The van der Waals surface area contributed by atoms with Crippen molar-refractivity contribution in [3.05, 3.63) is 0 Å². The van der Waals surface area contributed by atoms with E-state index in [2.05, 4.69) is 13.8 Å². The van der Waals surface area contributed by atoms with Gasteiger partial charge in [0.05, 0.1) is 0 Å². The maximum absolute atomic E-state index is 12.5. The highest BCUT2D eigenvalue weighted by molar-refractivity contribution is 5.80. The molecule has 0 heterocycles. The van der Waals surface area contributed by atoms with Gasteiger partial charge in [-0.05, 0) is 25.8 Å². The van der Waals surface area contributed by atoms with E-state index in [1.54, 1.807) is 0 Å². The quantitative estimate of drug-likeness (QED) is 0.0730. The minimum absolute atomic E-state index is 0.288. The normalized spacial score (nSPS) is 12.3. The van der Waals surface area contributed by atoms with Gasteiger partial charge >= 0.3 is 0 Å². The zero-order chi connectivity index (χ0) is 30.6. The topological polar surface area (TPSA) is 43.1 Å². The van der Waals surface area contributed by atoms with Crippen LogP contribution in [0.3, 0.4) is 0 Å². The third-order valence-corrected chi connectivity index (χ3v) is 9.67. The van der Waals surface area contributed by atoms with Gasteiger partial charge in [-0.15, -0.1) is 0 Å². The molecule has 42 heavy (non-hydrogen) atoms. The van der Waals surface area contributed by atoms with Gasteiger partial charge in [0.2, 0.25) is 0 Å². The Morgan fingerprint density at radius 2 is 0.667 bits per heavy atom. The number of Topliss-reactive ketones (excluding diaryl/α,β-unsaturated/α-hetero) is 1. The summed E-state index contributed by atoms with van der Waals surface area (Å²) < 4.78 is 0. The summed E-state index contributed by atoms with van der Waals surface area (Å²) in [7, 11) is 0. The van der Waals surface area contributed by atoms with Crippen LogP contribution < -0.4 is 5.73 Å². The Bertz CT molecular complexity index is 504. The number of nitrogens with two attached hydrogens (primary N) is 1. The number of rotatable bonds is 37. The minimum atomic E-state index is 0.288. The Kier molecular flexibility index (Phi) is 36.5. The van der Waals surface area contributed by atoms with Crippen LogP contribution in [-0.4, -0.2) is 12.3 Å². The van der Waals surface area contributed by atoms with Crippen molar-refractivity contribution in [2.75, 3.05) is 6.54 Å². The Morgan fingerprint density at radius 3 is 0.976 bits per heavy atom. The standard InChI is InChI=1S/C40H81NO/c1-3-4-5-6-7-8-9-10-11-12-13-14-15-19-22-25-28-31-34-37-40(42)39(2)36-33-30-27-24-21-18-16-17-20-23-26-29-32-35-38-41/h39H,3-38,41H2,1-2H3. The van der Waals surface area contributed by atoms with Crippen molar-refractivity contribution in [1.82, 2.24) is 0 Å². The second-order valence-corrected chi connectivity index (χ2v) is 14.0. The lowest BCUT2D eigenvalue weighted by molar-refractivity contribution is -0.122. The first-order valence-electron chi connectivity index (χ1n) is 19.9. The zero-order valence-electron chi connectivity index (χ0n) is 29.5. The van der Waals surface area contributed by atoms with Crippen LogP contribution in [0.4, 0.5) is 0 Å². The van der Waals surface area contributed by atoms with Crippen LogP contribution in [0.15, 0.2) is 0 Å². The smallest absolute Gasteiger partial charge is 0.135 e. The van der Waals surface area contributed by atoms with Gasteiger partial charge in [0.1, 0.15) is 5.78 Å². The van der Waals surface area contributed by atoms with E-state index in [4.69, 9.17) is 5.73 Å². The van der Waals surface area contributed by atoms with Gasteiger partial charge < -0.3 is 5.73 Å². The summed E-state index contributed by atoms with van der Waals surface area (Å²) in [4.78, 5) is 12.5. The largest absolute Gasteiger partial charge is 0.330 e. The van der Waals surface area contributed by atoms with Crippen molar-refractivity contribution in [1.29, 1.82) is 0 Å². The molecule has 2 heteroatoms. The van der Waals surface area contributed by atoms with Gasteiger partial charge in [-0.25, -0.2) is 0 Å². The summed E-state index contributed by atoms with van der Waals surface area (Å²) >= 11 is 0. The van der Waals surface area contributed by atoms with Gasteiger partial charge in [-0.3, -0.25) is 4.79 Å². The van der Waals surface area contributed by atoms with Crippen LogP contribution in [0.2, 0.25) is 0 Å². The van der Waals surface area contributed by atoms with Crippen molar-refractivity contribution in [2.24, 2.45) is 11.7 Å². The average molecular weight is 592 g/mol. The fourth-order valence-electron chi connectivity index (χ4n) is 6.50. The number of hydrogen-bond acceptors (Lipinski definition) is 2. The molecule has 0 aromatic rings. The summed E-state index contributed by atoms with van der Waals surface area (Å²) in [6.45, 7) is 5.33. The molecule has 1 unspecified atom stereocenters. The first kappa shape index (κ1) is 41.6. The Morgan fingerprint density at radius 1 is 0.405 bits per heavy atom. The number of hydrogen-bond donors (Lipinski definition) is 1. The second-order valence-electron chi connectivity index (χ2n) is 14.0. The third-order valence-electron chi connectivity index (χ3n) is 9.67. The van der Waals surface area contributed by atoms with Crippen LogP contribution in [0.1, 0.15) is 239 Å². The van der Waals surface area contributed by atoms with Crippen LogP contribution in [0.5, 0.6) is 0 Å². The highest BCUT2D eigenvalue weighted by Crippen LogP contribution is 2.18. The monoisotopic (exact) mass is 592 g/mol. The molecule has 0 aliphatic carbocycles. The minimum Gasteiger partial charge on any atom is -0.330 e. The summed E-state index contributed by atoms with van der Waals surface area (Å²) in [5.41, 5.74) is 5.55. The molecule has 252 valence electrons. The fourth-order valence-corrected chi connectivity index (χ4v) is 6.50. The average Bonchev–Trinajstić information content (AvgIpc) is 3.00. The molecule has 0 aliphatic rings. The van der Waals surface area contributed by atoms with E-state index in [9.17, 15) is 4.79 Å². The lowest BCUT2D eigenvalue weighted by Crippen LogP contribution is -2.10. The molecule has 0 saturated carbocycles. The summed E-state index contributed by atoms with van der Waals surface area (Å²) in [6.07, 6.45) is 47.8. The Labute approximate surface area is 266 Å². The van der Waals surface area contributed by atoms with Crippen molar-refractivity contribution in [3.8, 4) is 0 Å². The predicted molar refractivity (Wildman–Crippen MR) is 190 cm³/mol. The van der Waals surface area contributed by atoms with Gasteiger partial charge in [0.25, 0.3) is 0 Å². The Hall–Kier alpha value is -0.370. The molecule has 0 saturated heterocycles. The molecular formula is C40H81NO. The highest BCUT2D eigenvalue weighted by Gasteiger charge is 2.11. The summed E-state index contributed by atoms with van der Waals surface area (Å²) in [5.74, 6) is 0.817. The van der Waals surface area contributed by atoms with Crippen molar-refractivity contribution in [2.45, 2.75) is 239 Å². The maximum atomic E-state index is 12.5. The molecular weight excluding hydrogens is 510 g/mol. The highest BCUT2D eigenvalue weighted by atomic mass is 16.1. The van der Waals surface area contributed by atoms with Gasteiger partial charge in [0.15, 0.2) is 0 Å². The molecule has 0 bridgehead atoms. The molecule has 0 radical (unpaired) electrons. The summed E-state index contributed by atoms with van der Waals surface area (Å²) in [6, 6.07) is 0. The third kappa shape index (κ3) is 34.1.